The lowest BCUT2D eigenvalue weighted by atomic mass is 10.0. The third-order valence-electron chi connectivity index (χ3n) is 3.99. The van der Waals surface area contributed by atoms with Gasteiger partial charge in [0.1, 0.15) is 18.9 Å². The number of benzene rings is 1. The Balaban J connectivity index is 2.22. The summed E-state index contributed by atoms with van der Waals surface area (Å²) in [5.41, 5.74) is 1.07. The maximum absolute atomic E-state index is 11.9. The second-order valence-corrected chi connectivity index (χ2v) is 7.39. The predicted octanol–water partition coefficient (Wildman–Crippen LogP) is 0.790. The predicted molar refractivity (Wildman–Crippen MR) is 98.4 cm³/mol. The zero-order valence-corrected chi connectivity index (χ0v) is 15.7. The molecule has 9 nitrogen and oxygen atoms in total. The molecule has 144 valence electrons. The number of nitrogens with zero attached hydrogens (tertiary/aromatic N) is 2. The molecule has 10 heteroatoms. The molecule has 2 heterocycles. The van der Waals surface area contributed by atoms with E-state index in [0.29, 0.717) is 41.5 Å². The van der Waals surface area contributed by atoms with Crippen LogP contribution in [0.1, 0.15) is 5.56 Å². The molecule has 1 aliphatic heterocycles. The van der Waals surface area contributed by atoms with Crippen LogP contribution in [0.3, 0.4) is 0 Å². The Kier molecular flexibility index (Phi) is 5.19. The molecule has 0 aliphatic carbocycles. The van der Waals surface area contributed by atoms with E-state index in [4.69, 9.17) is 14.2 Å². The summed E-state index contributed by atoms with van der Waals surface area (Å²) in [6, 6.07) is 4.72. The number of rotatable bonds is 6. The Hall–Kier alpha value is -2.85. The highest BCUT2D eigenvalue weighted by Gasteiger charge is 2.25. The Labute approximate surface area is 156 Å². The molecule has 0 unspecified atom stereocenters. The fourth-order valence-electron chi connectivity index (χ4n) is 2.65. The molecule has 3 rings (SSSR count). The Morgan fingerprint density at radius 1 is 1.37 bits per heavy atom. The number of sulfonamides is 1. The molecule has 0 spiro atoms. The lowest BCUT2D eigenvalue weighted by molar-refractivity contribution is 0.172. The van der Waals surface area contributed by atoms with Gasteiger partial charge >= 0.3 is 0 Å². The van der Waals surface area contributed by atoms with Crippen molar-refractivity contribution in [3.63, 3.8) is 0 Å². The zero-order valence-electron chi connectivity index (χ0n) is 14.9. The molecule has 1 aliphatic rings. The van der Waals surface area contributed by atoms with Gasteiger partial charge in [-0.2, -0.15) is 5.10 Å². The Morgan fingerprint density at radius 3 is 2.81 bits per heavy atom. The fraction of sp³-hybridized carbons (Fsp3) is 0.294. The van der Waals surface area contributed by atoms with Gasteiger partial charge in [0.25, 0.3) is 5.56 Å². The average molecular weight is 393 g/mol. The standard InChI is InChI=1S/C17H19N3O6S/c1-4-27(22,23)18-10-11-5-6-12-17(26-8-7-25-12)15(11)16-13(24-3)9-14(21)20(2)19-16/h4-6,9,18H,1,7-8,10H2,2-3H3. The third-order valence-corrected chi connectivity index (χ3v) is 4.98. The number of aromatic nitrogens is 2. The first kappa shape index (κ1) is 18.9. The quantitative estimate of drug-likeness (QED) is 0.773. The van der Waals surface area contributed by atoms with E-state index in [1.165, 1.54) is 24.9 Å². The summed E-state index contributed by atoms with van der Waals surface area (Å²) in [7, 11) is -0.698. The summed E-state index contributed by atoms with van der Waals surface area (Å²) in [6.45, 7) is 3.97. The van der Waals surface area contributed by atoms with Crippen LogP contribution in [-0.4, -0.2) is 38.5 Å². The van der Waals surface area contributed by atoms with E-state index in [1.807, 2.05) is 0 Å². The van der Waals surface area contributed by atoms with Crippen molar-refractivity contribution in [1.29, 1.82) is 0 Å². The smallest absolute Gasteiger partial charge is 0.270 e. The molecule has 0 bridgehead atoms. The maximum atomic E-state index is 11.9. The van der Waals surface area contributed by atoms with Crippen molar-refractivity contribution < 1.29 is 22.6 Å². The average Bonchev–Trinajstić information content (AvgIpc) is 2.67. The summed E-state index contributed by atoms with van der Waals surface area (Å²) < 4.78 is 43.8. The summed E-state index contributed by atoms with van der Waals surface area (Å²) in [6.07, 6.45) is 0. The van der Waals surface area contributed by atoms with E-state index in [0.717, 1.165) is 5.41 Å². The normalized spacial score (nSPS) is 13.3. The van der Waals surface area contributed by atoms with Gasteiger partial charge < -0.3 is 14.2 Å². The van der Waals surface area contributed by atoms with Gasteiger partial charge in [-0.3, -0.25) is 4.79 Å². The van der Waals surface area contributed by atoms with Gasteiger partial charge in [-0.25, -0.2) is 17.8 Å². The van der Waals surface area contributed by atoms with E-state index in [-0.39, 0.29) is 17.9 Å². The number of hydrogen-bond acceptors (Lipinski definition) is 7. The molecule has 0 saturated carbocycles. The van der Waals surface area contributed by atoms with Crippen molar-refractivity contribution in [3.8, 4) is 28.5 Å². The van der Waals surface area contributed by atoms with E-state index in [9.17, 15) is 13.2 Å². The van der Waals surface area contributed by atoms with Crippen LogP contribution in [0.2, 0.25) is 0 Å². The van der Waals surface area contributed by atoms with Crippen molar-refractivity contribution >= 4 is 10.0 Å². The number of hydrogen-bond donors (Lipinski definition) is 1. The van der Waals surface area contributed by atoms with Crippen molar-refractivity contribution in [3.05, 3.63) is 46.1 Å². The SMILES string of the molecule is C=CS(=O)(=O)NCc1ccc2c(c1-c1nn(C)c(=O)cc1OC)OCCO2. The molecule has 1 N–H and O–H groups in total. The monoisotopic (exact) mass is 393 g/mol. The molecule has 0 radical (unpaired) electrons. The minimum absolute atomic E-state index is 0.0337. The van der Waals surface area contributed by atoms with E-state index < -0.39 is 10.0 Å². The summed E-state index contributed by atoms with van der Waals surface area (Å²) in [5, 5.41) is 5.12. The largest absolute Gasteiger partial charge is 0.494 e. The van der Waals surface area contributed by atoms with Crippen LogP contribution < -0.4 is 24.5 Å². The first-order chi connectivity index (χ1) is 12.9. The van der Waals surface area contributed by atoms with Gasteiger partial charge in [-0.1, -0.05) is 12.6 Å². The molecule has 0 fully saturated rings. The highest BCUT2D eigenvalue weighted by molar-refractivity contribution is 7.92. The molecule has 27 heavy (non-hydrogen) atoms. The van der Waals surface area contributed by atoms with Gasteiger partial charge in [0.15, 0.2) is 17.2 Å². The van der Waals surface area contributed by atoms with Crippen LogP contribution in [0.4, 0.5) is 0 Å². The van der Waals surface area contributed by atoms with Crippen LogP contribution >= 0.6 is 0 Å². The van der Waals surface area contributed by atoms with Crippen molar-refractivity contribution in [2.45, 2.75) is 6.54 Å². The van der Waals surface area contributed by atoms with Gasteiger partial charge in [0, 0.05) is 25.1 Å². The minimum Gasteiger partial charge on any atom is -0.494 e. The Bertz CT molecular complexity index is 1050. The Morgan fingerprint density at radius 2 is 2.11 bits per heavy atom. The third kappa shape index (κ3) is 3.81. The molecule has 1 aromatic heterocycles. The summed E-state index contributed by atoms with van der Waals surface area (Å²) >= 11 is 0. The summed E-state index contributed by atoms with van der Waals surface area (Å²) in [4.78, 5) is 11.9. The second-order valence-electron chi connectivity index (χ2n) is 5.68. The lowest BCUT2D eigenvalue weighted by Gasteiger charge is -2.23. The van der Waals surface area contributed by atoms with E-state index in [1.54, 1.807) is 12.1 Å². The fourth-order valence-corrected chi connectivity index (χ4v) is 3.13. The minimum atomic E-state index is -3.63. The summed E-state index contributed by atoms with van der Waals surface area (Å²) in [5.74, 6) is 1.17. The molecule has 0 amide bonds. The van der Waals surface area contributed by atoms with Crippen LogP contribution in [0.25, 0.3) is 11.3 Å². The molecular weight excluding hydrogens is 374 g/mol. The van der Waals surface area contributed by atoms with E-state index in [2.05, 4.69) is 16.4 Å². The molecule has 0 saturated heterocycles. The first-order valence-corrected chi connectivity index (χ1v) is 9.57. The highest BCUT2D eigenvalue weighted by atomic mass is 32.2. The van der Waals surface area contributed by atoms with E-state index >= 15 is 0 Å². The molecule has 1 aromatic carbocycles. The topological polar surface area (TPSA) is 109 Å². The number of nitrogens with one attached hydrogen (secondary N) is 1. The molecular formula is C17H19N3O6S. The van der Waals surface area contributed by atoms with Crippen LogP contribution in [0.15, 0.2) is 35.0 Å². The number of fused-ring (bicyclic) bond motifs is 1. The van der Waals surface area contributed by atoms with Crippen LogP contribution in [-0.2, 0) is 23.6 Å². The van der Waals surface area contributed by atoms with Crippen LogP contribution in [0, 0.1) is 0 Å². The second kappa shape index (κ2) is 7.41. The molecule has 0 atom stereocenters. The maximum Gasteiger partial charge on any atom is 0.270 e. The van der Waals surface area contributed by atoms with Crippen molar-refractivity contribution in [2.75, 3.05) is 20.3 Å². The van der Waals surface area contributed by atoms with Gasteiger partial charge in [-0.15, -0.1) is 0 Å². The zero-order chi connectivity index (χ0) is 19.6. The number of methoxy groups -OCH3 is 1. The van der Waals surface area contributed by atoms with Crippen molar-refractivity contribution in [2.24, 2.45) is 7.05 Å². The highest BCUT2D eigenvalue weighted by Crippen LogP contribution is 2.44. The lowest BCUT2D eigenvalue weighted by Crippen LogP contribution is -2.23. The molecule has 2 aromatic rings. The number of ether oxygens (including phenoxy) is 3. The van der Waals surface area contributed by atoms with Crippen LogP contribution in [0.5, 0.6) is 17.2 Å². The van der Waals surface area contributed by atoms with Gasteiger partial charge in [0.2, 0.25) is 10.0 Å². The van der Waals surface area contributed by atoms with Gasteiger partial charge in [0.05, 0.1) is 12.7 Å². The van der Waals surface area contributed by atoms with Crippen molar-refractivity contribution in [1.82, 2.24) is 14.5 Å². The number of aryl methyl sites for hydroxylation is 1. The first-order valence-electron chi connectivity index (χ1n) is 8.02. The van der Waals surface area contributed by atoms with Gasteiger partial charge in [-0.05, 0) is 11.6 Å².